The smallest absolute Gasteiger partial charge is 0.142 e. The van der Waals surface area contributed by atoms with E-state index < -0.39 is 0 Å². The fraction of sp³-hybridized carbons (Fsp3) is 0.0476. The normalized spacial score (nSPS) is 11.7. The number of phenolic OH excluding ortho intramolecular Hbond substituents is 1. The van der Waals surface area contributed by atoms with Gasteiger partial charge in [0.1, 0.15) is 17.6 Å². The van der Waals surface area contributed by atoms with Crippen LogP contribution in [0.4, 0.5) is 0 Å². The van der Waals surface area contributed by atoms with E-state index in [0.717, 1.165) is 16.7 Å². The van der Waals surface area contributed by atoms with Gasteiger partial charge in [0.25, 0.3) is 0 Å². The van der Waals surface area contributed by atoms with Crippen LogP contribution in [0.5, 0.6) is 11.5 Å². The Labute approximate surface area is 136 Å². The average Bonchev–Trinajstić information content (AvgIpc) is 2.61. The Balaban J connectivity index is 1.98. The second-order valence-corrected chi connectivity index (χ2v) is 5.20. The van der Waals surface area contributed by atoms with Crippen LogP contribution >= 0.6 is 0 Å². The van der Waals surface area contributed by atoms with Crippen molar-refractivity contribution in [2.24, 2.45) is 0 Å². The van der Waals surface area contributed by atoms with Crippen molar-refractivity contribution in [1.29, 1.82) is 0 Å². The van der Waals surface area contributed by atoms with Gasteiger partial charge in [0, 0.05) is 11.1 Å². The van der Waals surface area contributed by atoms with Gasteiger partial charge < -0.3 is 9.84 Å². The van der Waals surface area contributed by atoms with Gasteiger partial charge in [0.15, 0.2) is 0 Å². The zero-order valence-electron chi connectivity index (χ0n) is 12.7. The van der Waals surface area contributed by atoms with Crippen molar-refractivity contribution in [2.75, 3.05) is 0 Å². The molecule has 0 aliphatic carbocycles. The van der Waals surface area contributed by atoms with Crippen molar-refractivity contribution >= 4 is 0 Å². The summed E-state index contributed by atoms with van der Waals surface area (Å²) in [4.78, 5) is 0. The number of phenols is 1. The lowest BCUT2D eigenvalue weighted by Gasteiger charge is -2.19. The maximum absolute atomic E-state index is 10.1. The lowest BCUT2D eigenvalue weighted by atomic mass is 10.0. The van der Waals surface area contributed by atoms with Crippen LogP contribution in [-0.4, -0.2) is 5.11 Å². The van der Waals surface area contributed by atoms with E-state index in [4.69, 9.17) is 4.74 Å². The molecule has 1 unspecified atom stereocenters. The number of para-hydroxylation sites is 2. The summed E-state index contributed by atoms with van der Waals surface area (Å²) in [6.07, 6.45) is 1.53. The van der Waals surface area contributed by atoms with Crippen LogP contribution in [0.2, 0.25) is 0 Å². The van der Waals surface area contributed by atoms with Gasteiger partial charge in [-0.1, -0.05) is 73.3 Å². The van der Waals surface area contributed by atoms with Crippen molar-refractivity contribution in [3.63, 3.8) is 0 Å². The molecule has 1 atom stereocenters. The summed E-state index contributed by atoms with van der Waals surface area (Å²) in [7, 11) is 0. The SMILES string of the molecule is C=CC(Oc1ccccc1-c1ccccc1O)c1ccccc1. The quantitative estimate of drug-likeness (QED) is 0.642. The van der Waals surface area contributed by atoms with E-state index in [9.17, 15) is 5.11 Å². The third-order valence-electron chi connectivity index (χ3n) is 3.68. The Morgan fingerprint density at radius 2 is 1.39 bits per heavy atom. The Bertz CT molecular complexity index is 794. The number of hydrogen-bond acceptors (Lipinski definition) is 2. The van der Waals surface area contributed by atoms with E-state index >= 15 is 0 Å². The molecular weight excluding hydrogens is 284 g/mol. The average molecular weight is 302 g/mol. The summed E-state index contributed by atoms with van der Waals surface area (Å²) in [5.74, 6) is 0.946. The van der Waals surface area contributed by atoms with Gasteiger partial charge in [-0.3, -0.25) is 0 Å². The molecule has 0 bridgehead atoms. The lowest BCUT2D eigenvalue weighted by Crippen LogP contribution is -2.05. The fourth-order valence-corrected chi connectivity index (χ4v) is 2.53. The number of hydrogen-bond donors (Lipinski definition) is 1. The molecule has 0 radical (unpaired) electrons. The monoisotopic (exact) mass is 302 g/mol. The Hall–Kier alpha value is -3.00. The van der Waals surface area contributed by atoms with Crippen LogP contribution in [0.15, 0.2) is 91.5 Å². The number of ether oxygens (including phenoxy) is 1. The van der Waals surface area contributed by atoms with E-state index in [1.165, 1.54) is 0 Å². The van der Waals surface area contributed by atoms with Crippen molar-refractivity contribution in [3.8, 4) is 22.6 Å². The predicted octanol–water partition coefficient (Wildman–Crippen LogP) is 5.37. The molecule has 0 saturated carbocycles. The Kier molecular flexibility index (Phi) is 4.44. The summed E-state index contributed by atoms with van der Waals surface area (Å²) < 4.78 is 6.16. The van der Waals surface area contributed by atoms with Gasteiger partial charge in [-0.15, -0.1) is 0 Å². The molecule has 1 N–H and O–H groups in total. The Morgan fingerprint density at radius 3 is 2.09 bits per heavy atom. The van der Waals surface area contributed by atoms with Crippen LogP contribution in [-0.2, 0) is 0 Å². The van der Waals surface area contributed by atoms with Crippen molar-refractivity contribution in [2.45, 2.75) is 6.10 Å². The molecule has 0 saturated heterocycles. The molecule has 3 rings (SSSR count). The minimum absolute atomic E-state index is 0.235. The molecule has 0 fully saturated rings. The maximum Gasteiger partial charge on any atom is 0.142 e. The van der Waals surface area contributed by atoms with Crippen molar-refractivity contribution < 1.29 is 9.84 Å². The van der Waals surface area contributed by atoms with Crippen molar-refractivity contribution in [3.05, 3.63) is 97.1 Å². The summed E-state index contributed by atoms with van der Waals surface area (Å²) in [6, 6.07) is 24.9. The fourth-order valence-electron chi connectivity index (χ4n) is 2.53. The van der Waals surface area contributed by atoms with Gasteiger partial charge in [-0.05, 0) is 23.8 Å². The largest absolute Gasteiger partial charge is 0.507 e. The molecule has 0 aliphatic heterocycles. The molecule has 23 heavy (non-hydrogen) atoms. The standard InChI is InChI=1S/C21H18O2/c1-2-20(16-10-4-3-5-11-16)23-21-15-9-7-13-18(21)17-12-6-8-14-19(17)22/h2-15,20,22H,1H2. The molecule has 0 aromatic heterocycles. The molecule has 0 amide bonds. The minimum Gasteiger partial charge on any atom is -0.507 e. The molecular formula is C21H18O2. The first kappa shape index (κ1) is 14.9. The summed E-state index contributed by atoms with van der Waals surface area (Å²) in [6.45, 7) is 3.88. The van der Waals surface area contributed by atoms with Gasteiger partial charge in [-0.25, -0.2) is 0 Å². The number of aromatic hydroxyl groups is 1. The summed E-state index contributed by atoms with van der Waals surface area (Å²) >= 11 is 0. The van der Waals surface area contributed by atoms with Crippen LogP contribution in [0, 0.1) is 0 Å². The first-order valence-electron chi connectivity index (χ1n) is 7.51. The highest BCUT2D eigenvalue weighted by atomic mass is 16.5. The summed E-state index contributed by atoms with van der Waals surface area (Å²) in [5, 5.41) is 10.1. The molecule has 0 aliphatic rings. The van der Waals surface area contributed by atoms with Gasteiger partial charge in [0.05, 0.1) is 0 Å². The van der Waals surface area contributed by atoms with Gasteiger partial charge >= 0.3 is 0 Å². The third-order valence-corrected chi connectivity index (χ3v) is 3.68. The number of benzene rings is 3. The van der Waals surface area contributed by atoms with E-state index in [1.54, 1.807) is 18.2 Å². The molecule has 0 heterocycles. The highest BCUT2D eigenvalue weighted by Crippen LogP contribution is 2.37. The molecule has 0 spiro atoms. The van der Waals surface area contributed by atoms with E-state index in [2.05, 4.69) is 6.58 Å². The van der Waals surface area contributed by atoms with E-state index in [0.29, 0.717) is 5.75 Å². The second-order valence-electron chi connectivity index (χ2n) is 5.20. The topological polar surface area (TPSA) is 29.5 Å². The zero-order valence-corrected chi connectivity index (χ0v) is 12.7. The van der Waals surface area contributed by atoms with Crippen LogP contribution in [0.3, 0.4) is 0 Å². The first-order chi connectivity index (χ1) is 11.3. The maximum atomic E-state index is 10.1. The first-order valence-corrected chi connectivity index (χ1v) is 7.51. The highest BCUT2D eigenvalue weighted by Gasteiger charge is 2.14. The van der Waals surface area contributed by atoms with Crippen LogP contribution in [0.25, 0.3) is 11.1 Å². The molecule has 2 nitrogen and oxygen atoms in total. The molecule has 2 heteroatoms. The Morgan fingerprint density at radius 1 is 0.783 bits per heavy atom. The van der Waals surface area contributed by atoms with Crippen LogP contribution < -0.4 is 4.74 Å². The van der Waals surface area contributed by atoms with Gasteiger partial charge in [-0.2, -0.15) is 0 Å². The van der Waals surface area contributed by atoms with E-state index in [1.807, 2.05) is 66.7 Å². The second kappa shape index (κ2) is 6.84. The van der Waals surface area contributed by atoms with E-state index in [-0.39, 0.29) is 11.9 Å². The molecule has 3 aromatic rings. The highest BCUT2D eigenvalue weighted by molar-refractivity contribution is 5.75. The minimum atomic E-state index is -0.247. The number of rotatable bonds is 5. The third kappa shape index (κ3) is 3.27. The molecule has 114 valence electrons. The summed E-state index contributed by atoms with van der Waals surface area (Å²) in [5.41, 5.74) is 2.64. The van der Waals surface area contributed by atoms with Crippen molar-refractivity contribution in [1.82, 2.24) is 0 Å². The van der Waals surface area contributed by atoms with Crippen LogP contribution in [0.1, 0.15) is 11.7 Å². The predicted molar refractivity (Wildman–Crippen MR) is 93.6 cm³/mol. The van der Waals surface area contributed by atoms with Gasteiger partial charge in [0.2, 0.25) is 0 Å². The lowest BCUT2D eigenvalue weighted by molar-refractivity contribution is 0.257. The zero-order chi connectivity index (χ0) is 16.1. The molecule has 3 aromatic carbocycles.